The molecular weight excluding hydrogens is 495 g/mol. The van der Waals surface area contributed by atoms with Crippen molar-refractivity contribution in [3.05, 3.63) is 80.7 Å². The molecule has 0 aromatic heterocycles. The number of aliphatic hydroxyl groups is 1. The molecule has 0 radical (unpaired) electrons. The Kier molecular flexibility index (Phi) is 6.85. The second-order valence-electron chi connectivity index (χ2n) is 10.0. The number of rotatable bonds is 7. The lowest BCUT2D eigenvalue weighted by Gasteiger charge is -2.31. The maximum atomic E-state index is 13.7. The average Bonchev–Trinajstić information content (AvgIpc) is 3.43. The van der Waals surface area contributed by atoms with Gasteiger partial charge in [0.2, 0.25) is 11.8 Å². The molecule has 9 nitrogen and oxygen atoms in total. The third kappa shape index (κ3) is 4.50. The van der Waals surface area contributed by atoms with Crippen LogP contribution < -0.4 is 4.90 Å². The molecule has 2 amide bonds. The molecule has 2 heterocycles. The van der Waals surface area contributed by atoms with Gasteiger partial charge in [0.15, 0.2) is 11.6 Å². The van der Waals surface area contributed by atoms with Crippen molar-refractivity contribution in [1.29, 1.82) is 0 Å². The second-order valence-corrected chi connectivity index (χ2v) is 10.0. The first-order valence-electron chi connectivity index (χ1n) is 12.4. The number of phenols is 1. The van der Waals surface area contributed by atoms with Crippen molar-refractivity contribution >= 4 is 29.3 Å². The first-order chi connectivity index (χ1) is 18.2. The van der Waals surface area contributed by atoms with Crippen LogP contribution in [0.1, 0.15) is 31.7 Å². The van der Waals surface area contributed by atoms with Crippen LogP contribution in [0.4, 0.5) is 15.8 Å². The summed E-state index contributed by atoms with van der Waals surface area (Å²) in [4.78, 5) is 38.6. The molecule has 0 spiro atoms. The fraction of sp³-hybridized carbons (Fsp3) is 0.357. The van der Waals surface area contributed by atoms with Crippen LogP contribution in [0.2, 0.25) is 0 Å². The largest absolute Gasteiger partial charge is 0.505 e. The fourth-order valence-electron chi connectivity index (χ4n) is 5.95. The number of imide groups is 1. The summed E-state index contributed by atoms with van der Waals surface area (Å²) < 4.78 is 19.8. The maximum absolute atomic E-state index is 13.7. The van der Waals surface area contributed by atoms with Crippen LogP contribution in [0.25, 0.3) is 6.08 Å². The smallest absolute Gasteiger partial charge is 0.271 e. The Morgan fingerprint density at radius 3 is 2.71 bits per heavy atom. The van der Waals surface area contributed by atoms with Crippen LogP contribution >= 0.6 is 0 Å². The minimum Gasteiger partial charge on any atom is -0.505 e. The molecule has 2 aromatic carbocycles. The molecule has 38 heavy (non-hydrogen) atoms. The van der Waals surface area contributed by atoms with E-state index in [1.807, 2.05) is 13.0 Å². The van der Waals surface area contributed by atoms with E-state index < -0.39 is 40.1 Å². The summed E-state index contributed by atoms with van der Waals surface area (Å²) in [5.74, 6) is -3.62. The van der Waals surface area contributed by atoms with E-state index in [4.69, 9.17) is 4.74 Å². The van der Waals surface area contributed by atoms with Crippen LogP contribution in [0.5, 0.6) is 5.75 Å². The van der Waals surface area contributed by atoms with Gasteiger partial charge in [-0.1, -0.05) is 23.8 Å². The zero-order chi connectivity index (χ0) is 27.1. The number of aliphatic hydroxyl groups excluding tert-OH is 1. The standard InChI is InChI=1S/C28H27FN2O7/c1-15(9-16-6-7-23(33)22(29)10-16)5-8-24-25-17(13-32)11-20-26(21(25)14-38-24)28(35)30(27(20)34)18-3-2-4-19(12-18)31(36)37/h2-4,6-7,9-10,12,20-21,24,26,32-33H,5,8,11,13-14H2,1H3/b15-9+/t20-,21+,24-,26-/m1/s1. The summed E-state index contributed by atoms with van der Waals surface area (Å²) in [5.41, 5.74) is 3.09. The van der Waals surface area contributed by atoms with Crippen LogP contribution in [0, 0.1) is 33.7 Å². The maximum Gasteiger partial charge on any atom is 0.271 e. The first-order valence-corrected chi connectivity index (χ1v) is 12.4. The van der Waals surface area contributed by atoms with E-state index in [0.29, 0.717) is 24.0 Å². The number of ether oxygens (including phenoxy) is 1. The quantitative estimate of drug-likeness (QED) is 0.242. The molecule has 2 N–H and O–H groups in total. The fourth-order valence-corrected chi connectivity index (χ4v) is 5.95. The van der Waals surface area contributed by atoms with Gasteiger partial charge in [-0.25, -0.2) is 9.29 Å². The average molecular weight is 523 g/mol. The number of halogens is 1. The molecule has 10 heteroatoms. The molecule has 2 aromatic rings. The number of benzene rings is 2. The molecule has 1 aliphatic carbocycles. The highest BCUT2D eigenvalue weighted by atomic mass is 19.1. The van der Waals surface area contributed by atoms with E-state index >= 15 is 0 Å². The van der Waals surface area contributed by atoms with Gasteiger partial charge in [0.25, 0.3) is 5.69 Å². The minimum atomic E-state index is -0.696. The number of aromatic hydroxyl groups is 1. The van der Waals surface area contributed by atoms with Crippen molar-refractivity contribution in [3.63, 3.8) is 0 Å². The van der Waals surface area contributed by atoms with Crippen molar-refractivity contribution in [1.82, 2.24) is 0 Å². The number of nitro benzene ring substituents is 1. The number of fused-ring (bicyclic) bond motifs is 3. The summed E-state index contributed by atoms with van der Waals surface area (Å²) in [6.45, 7) is 1.89. The van der Waals surface area contributed by atoms with Crippen molar-refractivity contribution in [3.8, 4) is 5.75 Å². The number of carbonyl (C=O) groups excluding carboxylic acids is 2. The van der Waals surface area contributed by atoms with Gasteiger partial charge >= 0.3 is 0 Å². The molecule has 4 atom stereocenters. The zero-order valence-corrected chi connectivity index (χ0v) is 20.7. The lowest BCUT2D eigenvalue weighted by atomic mass is 9.69. The SMILES string of the molecule is C/C(=C\c1ccc(O)c(F)c1)CC[C@H]1OC[C@H]2C1=C(CO)C[C@H]1C(=O)N(c3cccc([N+](=O)[O-])c3)C(=O)[C@H]12. The number of hydrogen-bond donors (Lipinski definition) is 2. The zero-order valence-electron chi connectivity index (χ0n) is 20.7. The van der Waals surface area contributed by atoms with Gasteiger partial charge in [-0.2, -0.15) is 0 Å². The number of amides is 2. The highest BCUT2D eigenvalue weighted by Crippen LogP contribution is 2.50. The third-order valence-electron chi connectivity index (χ3n) is 7.68. The number of carbonyl (C=O) groups is 2. The molecule has 0 unspecified atom stereocenters. The number of allylic oxidation sites excluding steroid dienone is 1. The van der Waals surface area contributed by atoms with Gasteiger partial charge in [0.1, 0.15) is 0 Å². The van der Waals surface area contributed by atoms with E-state index in [9.17, 15) is 34.3 Å². The Balaban J connectivity index is 1.35. The molecule has 0 saturated carbocycles. The summed E-state index contributed by atoms with van der Waals surface area (Å²) in [6.07, 6.45) is 2.90. The topological polar surface area (TPSA) is 130 Å². The van der Waals surface area contributed by atoms with Crippen LogP contribution in [0.3, 0.4) is 0 Å². The van der Waals surface area contributed by atoms with Gasteiger partial charge in [-0.15, -0.1) is 0 Å². The van der Waals surface area contributed by atoms with Crippen LogP contribution in [-0.2, 0) is 14.3 Å². The van der Waals surface area contributed by atoms with Crippen molar-refractivity contribution in [2.45, 2.75) is 32.3 Å². The Morgan fingerprint density at radius 1 is 1.21 bits per heavy atom. The molecule has 2 saturated heterocycles. The summed E-state index contributed by atoms with van der Waals surface area (Å²) >= 11 is 0. The molecule has 2 aliphatic heterocycles. The van der Waals surface area contributed by atoms with Gasteiger partial charge in [-0.05, 0) is 61.1 Å². The lowest BCUT2D eigenvalue weighted by molar-refractivity contribution is -0.384. The molecule has 3 aliphatic rings. The molecular formula is C28H27FN2O7. The summed E-state index contributed by atoms with van der Waals surface area (Å²) in [7, 11) is 0. The number of hydrogen-bond acceptors (Lipinski definition) is 7. The van der Waals surface area contributed by atoms with E-state index in [-0.39, 0.29) is 43.0 Å². The molecule has 2 fully saturated rings. The van der Waals surface area contributed by atoms with E-state index in [2.05, 4.69) is 0 Å². The Hall–Kier alpha value is -3.89. The molecule has 5 rings (SSSR count). The normalized spacial score (nSPS) is 25.1. The number of nitro groups is 1. The van der Waals surface area contributed by atoms with Crippen LogP contribution in [0.15, 0.2) is 59.2 Å². The van der Waals surface area contributed by atoms with Crippen molar-refractivity contribution < 1.29 is 33.9 Å². The summed E-state index contributed by atoms with van der Waals surface area (Å²) in [6, 6.07) is 9.64. The Bertz CT molecular complexity index is 1390. The third-order valence-corrected chi connectivity index (χ3v) is 7.68. The molecule has 198 valence electrons. The minimum absolute atomic E-state index is 0.164. The van der Waals surface area contributed by atoms with Crippen LogP contribution in [-0.4, -0.2) is 46.3 Å². The Labute approximate surface area is 218 Å². The highest BCUT2D eigenvalue weighted by molar-refractivity contribution is 6.22. The molecule has 0 bridgehead atoms. The predicted octanol–water partition coefficient (Wildman–Crippen LogP) is 4.14. The second kappa shape index (κ2) is 10.1. The predicted molar refractivity (Wildman–Crippen MR) is 135 cm³/mol. The number of non-ortho nitro benzene ring substituents is 1. The lowest BCUT2D eigenvalue weighted by Crippen LogP contribution is -2.35. The van der Waals surface area contributed by atoms with Gasteiger partial charge < -0.3 is 14.9 Å². The first kappa shape index (κ1) is 25.7. The summed E-state index contributed by atoms with van der Waals surface area (Å²) in [5, 5.41) is 30.8. The van der Waals surface area contributed by atoms with E-state index in [1.54, 1.807) is 6.07 Å². The number of anilines is 1. The van der Waals surface area contributed by atoms with Gasteiger partial charge in [0.05, 0.1) is 41.8 Å². The van der Waals surface area contributed by atoms with Crippen molar-refractivity contribution in [2.24, 2.45) is 17.8 Å². The highest BCUT2D eigenvalue weighted by Gasteiger charge is 2.57. The number of phenolic OH excluding ortho intramolecular Hbond substituents is 1. The van der Waals surface area contributed by atoms with E-state index in [1.165, 1.54) is 36.4 Å². The number of nitrogens with zero attached hydrogens (tertiary/aromatic N) is 2. The van der Waals surface area contributed by atoms with E-state index in [0.717, 1.165) is 16.0 Å². The van der Waals surface area contributed by atoms with Gasteiger partial charge in [-0.3, -0.25) is 19.7 Å². The monoisotopic (exact) mass is 522 g/mol. The van der Waals surface area contributed by atoms with Crippen molar-refractivity contribution in [2.75, 3.05) is 18.1 Å². The van der Waals surface area contributed by atoms with Gasteiger partial charge in [0, 0.05) is 18.1 Å². The Morgan fingerprint density at radius 2 is 2.00 bits per heavy atom.